The first kappa shape index (κ1) is 15.8. The van der Waals surface area contributed by atoms with Crippen molar-refractivity contribution in [2.45, 2.75) is 31.6 Å². The molecule has 4 nitrogen and oxygen atoms in total. The first-order valence-electron chi connectivity index (χ1n) is 6.79. The molecule has 0 aliphatic carbocycles. The molecule has 0 bridgehead atoms. The summed E-state index contributed by atoms with van der Waals surface area (Å²) >= 11 is 5.90. The zero-order valence-electron chi connectivity index (χ0n) is 11.9. The Bertz CT molecular complexity index is 581. The maximum atomic E-state index is 12.4. The Morgan fingerprint density at radius 2 is 2.20 bits per heavy atom. The summed E-state index contributed by atoms with van der Waals surface area (Å²) in [6.07, 6.45) is 2.10. The molecule has 20 heavy (non-hydrogen) atoms. The number of halogens is 1. The molecule has 1 aliphatic heterocycles. The van der Waals surface area contributed by atoms with E-state index < -0.39 is 10.0 Å². The summed E-state index contributed by atoms with van der Waals surface area (Å²) in [6, 6.07) is 4.92. The molecule has 2 N–H and O–H groups in total. The lowest BCUT2D eigenvalue weighted by Crippen LogP contribution is -2.45. The average Bonchev–Trinajstić information content (AvgIpc) is 2.40. The van der Waals surface area contributed by atoms with Crippen molar-refractivity contribution >= 4 is 21.6 Å². The predicted molar refractivity (Wildman–Crippen MR) is 81.6 cm³/mol. The van der Waals surface area contributed by atoms with E-state index in [4.69, 9.17) is 11.6 Å². The fourth-order valence-corrected chi connectivity index (χ4v) is 4.18. The van der Waals surface area contributed by atoms with E-state index in [-0.39, 0.29) is 10.3 Å². The summed E-state index contributed by atoms with van der Waals surface area (Å²) in [5, 5.41) is 3.75. The molecule has 6 heteroatoms. The molecule has 0 amide bonds. The van der Waals surface area contributed by atoms with Crippen LogP contribution < -0.4 is 10.0 Å². The number of rotatable bonds is 4. The van der Waals surface area contributed by atoms with Crippen LogP contribution in [0.4, 0.5) is 0 Å². The van der Waals surface area contributed by atoms with Gasteiger partial charge in [-0.05, 0) is 49.4 Å². The van der Waals surface area contributed by atoms with E-state index in [1.807, 2.05) is 0 Å². The van der Waals surface area contributed by atoms with E-state index >= 15 is 0 Å². The van der Waals surface area contributed by atoms with Gasteiger partial charge in [0, 0.05) is 18.1 Å². The second-order valence-corrected chi connectivity index (χ2v) is 8.00. The number of piperidine rings is 1. The predicted octanol–water partition coefficient (Wildman–Crippen LogP) is 2.32. The number of nitrogens with one attached hydrogen (secondary N) is 2. The van der Waals surface area contributed by atoms with Crippen molar-refractivity contribution < 1.29 is 8.42 Å². The Kier molecular flexibility index (Phi) is 4.74. The minimum atomic E-state index is -3.51. The van der Waals surface area contributed by atoms with Gasteiger partial charge in [0.2, 0.25) is 10.0 Å². The van der Waals surface area contributed by atoms with Crippen LogP contribution in [-0.4, -0.2) is 28.1 Å². The first-order valence-corrected chi connectivity index (χ1v) is 8.65. The van der Waals surface area contributed by atoms with Gasteiger partial charge < -0.3 is 5.32 Å². The Morgan fingerprint density at radius 1 is 1.45 bits per heavy atom. The van der Waals surface area contributed by atoms with E-state index in [0.29, 0.717) is 17.1 Å². The normalized spacial score (nSPS) is 23.8. The third kappa shape index (κ3) is 3.73. The molecule has 0 saturated carbocycles. The zero-order valence-corrected chi connectivity index (χ0v) is 13.4. The van der Waals surface area contributed by atoms with Crippen LogP contribution in [0.3, 0.4) is 0 Å². The maximum absolute atomic E-state index is 12.4. The molecule has 0 radical (unpaired) electrons. The Morgan fingerprint density at radius 3 is 2.85 bits per heavy atom. The van der Waals surface area contributed by atoms with Gasteiger partial charge in [-0.2, -0.15) is 0 Å². The minimum Gasteiger partial charge on any atom is -0.316 e. The summed E-state index contributed by atoms with van der Waals surface area (Å²) in [7, 11) is -3.51. The molecular weight excluding hydrogens is 296 g/mol. The smallest absolute Gasteiger partial charge is 0.240 e. The highest BCUT2D eigenvalue weighted by Gasteiger charge is 2.29. The van der Waals surface area contributed by atoms with Gasteiger partial charge in [-0.15, -0.1) is 0 Å². The molecule has 1 aromatic rings. The topological polar surface area (TPSA) is 58.2 Å². The summed E-state index contributed by atoms with van der Waals surface area (Å²) in [6.45, 7) is 6.16. The largest absolute Gasteiger partial charge is 0.316 e. The van der Waals surface area contributed by atoms with Crippen LogP contribution in [0.15, 0.2) is 23.1 Å². The van der Waals surface area contributed by atoms with Crippen LogP contribution >= 0.6 is 11.6 Å². The molecule has 0 spiro atoms. The second kappa shape index (κ2) is 6.02. The first-order chi connectivity index (χ1) is 9.32. The van der Waals surface area contributed by atoms with E-state index in [1.165, 1.54) is 6.07 Å². The van der Waals surface area contributed by atoms with Crippen molar-refractivity contribution in [2.24, 2.45) is 5.41 Å². The van der Waals surface area contributed by atoms with Gasteiger partial charge in [0.25, 0.3) is 0 Å². The molecule has 112 valence electrons. The van der Waals surface area contributed by atoms with E-state index in [0.717, 1.165) is 25.9 Å². The molecule has 1 fully saturated rings. The van der Waals surface area contributed by atoms with Crippen LogP contribution in [0.2, 0.25) is 5.02 Å². The number of aryl methyl sites for hydroxylation is 1. The SMILES string of the molecule is Cc1ccc(Cl)cc1S(=O)(=O)NCC1(C)CCCNC1. The highest BCUT2D eigenvalue weighted by molar-refractivity contribution is 7.89. The van der Waals surface area contributed by atoms with Gasteiger partial charge in [0.1, 0.15) is 0 Å². The summed E-state index contributed by atoms with van der Waals surface area (Å²) in [4.78, 5) is 0.261. The van der Waals surface area contributed by atoms with Crippen LogP contribution in [0.25, 0.3) is 0 Å². The van der Waals surface area contributed by atoms with Crippen LogP contribution in [0.1, 0.15) is 25.3 Å². The molecular formula is C14H21ClN2O2S. The van der Waals surface area contributed by atoms with E-state index in [9.17, 15) is 8.42 Å². The third-order valence-electron chi connectivity index (χ3n) is 3.81. The van der Waals surface area contributed by atoms with Crippen molar-refractivity contribution in [3.63, 3.8) is 0 Å². The van der Waals surface area contributed by atoms with Gasteiger partial charge in [-0.25, -0.2) is 13.1 Å². The molecule has 1 aromatic carbocycles. The zero-order chi connectivity index (χ0) is 14.8. The molecule has 1 saturated heterocycles. The fraction of sp³-hybridized carbons (Fsp3) is 0.571. The number of sulfonamides is 1. The standard InChI is InChI=1S/C14H21ClN2O2S/c1-11-4-5-12(15)8-13(11)20(18,19)17-10-14(2)6-3-7-16-9-14/h4-5,8,16-17H,3,6-7,9-10H2,1-2H3. The molecule has 0 aromatic heterocycles. The number of hydrogen-bond acceptors (Lipinski definition) is 3. The second-order valence-electron chi connectivity index (χ2n) is 5.83. The Hall–Kier alpha value is -0.620. The molecule has 1 aliphatic rings. The quantitative estimate of drug-likeness (QED) is 0.896. The van der Waals surface area contributed by atoms with Gasteiger partial charge in [-0.1, -0.05) is 24.6 Å². The van der Waals surface area contributed by atoms with Crippen molar-refractivity contribution in [3.8, 4) is 0 Å². The molecule has 1 atom stereocenters. The summed E-state index contributed by atoms with van der Waals surface area (Å²) in [5.41, 5.74) is 0.673. The lowest BCUT2D eigenvalue weighted by molar-refractivity contribution is 0.238. The highest BCUT2D eigenvalue weighted by atomic mass is 35.5. The number of hydrogen-bond donors (Lipinski definition) is 2. The van der Waals surface area contributed by atoms with Crippen LogP contribution in [-0.2, 0) is 10.0 Å². The van der Waals surface area contributed by atoms with Gasteiger partial charge >= 0.3 is 0 Å². The van der Waals surface area contributed by atoms with Crippen LogP contribution in [0, 0.1) is 12.3 Å². The third-order valence-corrected chi connectivity index (χ3v) is 5.59. The Labute approximate surface area is 126 Å². The van der Waals surface area contributed by atoms with E-state index in [1.54, 1.807) is 19.1 Å². The van der Waals surface area contributed by atoms with Crippen molar-refractivity contribution in [2.75, 3.05) is 19.6 Å². The fourth-order valence-electron chi connectivity index (χ4n) is 2.48. The monoisotopic (exact) mass is 316 g/mol. The number of benzene rings is 1. The molecule has 1 unspecified atom stereocenters. The summed E-state index contributed by atoms with van der Waals surface area (Å²) < 4.78 is 27.5. The average molecular weight is 317 g/mol. The van der Waals surface area contributed by atoms with Gasteiger partial charge in [0.15, 0.2) is 0 Å². The van der Waals surface area contributed by atoms with Crippen LogP contribution in [0.5, 0.6) is 0 Å². The lowest BCUT2D eigenvalue weighted by atomic mass is 9.83. The van der Waals surface area contributed by atoms with E-state index in [2.05, 4.69) is 17.0 Å². The minimum absolute atomic E-state index is 0.0300. The maximum Gasteiger partial charge on any atom is 0.240 e. The molecule has 1 heterocycles. The van der Waals surface area contributed by atoms with Gasteiger partial charge in [0.05, 0.1) is 4.90 Å². The Balaban J connectivity index is 2.13. The van der Waals surface area contributed by atoms with Crippen molar-refractivity contribution in [1.82, 2.24) is 10.0 Å². The highest BCUT2D eigenvalue weighted by Crippen LogP contribution is 2.26. The van der Waals surface area contributed by atoms with Crippen molar-refractivity contribution in [3.05, 3.63) is 28.8 Å². The summed E-state index contributed by atoms with van der Waals surface area (Å²) in [5.74, 6) is 0. The van der Waals surface area contributed by atoms with Gasteiger partial charge in [-0.3, -0.25) is 0 Å². The lowest BCUT2D eigenvalue weighted by Gasteiger charge is -2.34. The molecule has 2 rings (SSSR count). The van der Waals surface area contributed by atoms with Crippen molar-refractivity contribution in [1.29, 1.82) is 0 Å².